The number of hydrogen-bond donors (Lipinski definition) is 1. The van der Waals surface area contributed by atoms with E-state index in [-0.39, 0.29) is 11.9 Å². The van der Waals surface area contributed by atoms with E-state index in [9.17, 15) is 4.79 Å². The third kappa shape index (κ3) is 2.76. The summed E-state index contributed by atoms with van der Waals surface area (Å²) in [7, 11) is 0. The molecule has 0 aliphatic carbocycles. The summed E-state index contributed by atoms with van der Waals surface area (Å²) in [4.78, 5) is 20.5. The number of rotatable bonds is 4. The lowest BCUT2D eigenvalue weighted by atomic mass is 10.1. The number of fused-ring (bicyclic) bond motifs is 1. The van der Waals surface area contributed by atoms with E-state index in [2.05, 4.69) is 15.3 Å². The maximum Gasteiger partial charge on any atom is 0.253 e. The molecule has 1 aromatic heterocycles. The highest BCUT2D eigenvalue weighted by Gasteiger charge is 2.13. The van der Waals surface area contributed by atoms with Crippen molar-refractivity contribution in [1.29, 1.82) is 0 Å². The summed E-state index contributed by atoms with van der Waals surface area (Å²) in [6, 6.07) is 5.43. The number of carbonyl (C=O) groups is 1. The van der Waals surface area contributed by atoms with Crippen molar-refractivity contribution < 1.29 is 4.79 Å². The van der Waals surface area contributed by atoms with E-state index in [1.54, 1.807) is 24.5 Å². The number of benzene rings is 1. The van der Waals surface area contributed by atoms with E-state index in [0.717, 1.165) is 11.9 Å². The summed E-state index contributed by atoms with van der Waals surface area (Å²) in [6.45, 7) is 1.93. The third-order valence-corrected chi connectivity index (χ3v) is 2.88. The number of nitrogens with zero attached hydrogens (tertiary/aromatic N) is 2. The maximum atomic E-state index is 12.1. The first kappa shape index (κ1) is 12.8. The Labute approximate surface area is 110 Å². The largest absolute Gasteiger partial charge is 0.349 e. The third-order valence-electron chi connectivity index (χ3n) is 2.66. The Morgan fingerprint density at radius 2 is 2.17 bits per heavy atom. The number of halogens is 1. The van der Waals surface area contributed by atoms with Crippen molar-refractivity contribution in [3.8, 4) is 0 Å². The van der Waals surface area contributed by atoms with Gasteiger partial charge in [0.25, 0.3) is 5.91 Å². The number of alkyl halides is 1. The van der Waals surface area contributed by atoms with Crippen LogP contribution in [0.15, 0.2) is 30.6 Å². The molecular formula is C13H14ClN3O. The number of hydrogen-bond acceptors (Lipinski definition) is 3. The molecule has 0 aliphatic rings. The second kappa shape index (κ2) is 5.78. The topological polar surface area (TPSA) is 54.9 Å². The number of carbonyl (C=O) groups excluding carboxylic acids is 1. The summed E-state index contributed by atoms with van der Waals surface area (Å²) < 4.78 is 0. The van der Waals surface area contributed by atoms with Crippen molar-refractivity contribution in [3.63, 3.8) is 0 Å². The van der Waals surface area contributed by atoms with E-state index >= 15 is 0 Å². The minimum Gasteiger partial charge on any atom is -0.349 e. The van der Waals surface area contributed by atoms with Gasteiger partial charge in [-0.25, -0.2) is 0 Å². The van der Waals surface area contributed by atoms with Crippen LogP contribution in [0.1, 0.15) is 23.7 Å². The highest BCUT2D eigenvalue weighted by atomic mass is 35.5. The van der Waals surface area contributed by atoms with Crippen LogP contribution in [0.2, 0.25) is 0 Å². The SMILES string of the molecule is CC(CCCl)NC(=O)c1cccc2nccnc12. The molecule has 0 fully saturated rings. The molecule has 4 nitrogen and oxygen atoms in total. The molecule has 94 valence electrons. The molecule has 5 heteroatoms. The first-order valence-corrected chi connectivity index (χ1v) is 6.32. The standard InChI is InChI=1S/C13H14ClN3O/c1-9(5-6-14)17-13(18)10-3-2-4-11-12(10)16-8-7-15-11/h2-4,7-9H,5-6H2,1H3,(H,17,18). The van der Waals surface area contributed by atoms with Crippen molar-refractivity contribution in [2.24, 2.45) is 0 Å². The van der Waals surface area contributed by atoms with Gasteiger partial charge in [-0.05, 0) is 25.5 Å². The fourth-order valence-corrected chi connectivity index (χ4v) is 2.04. The molecule has 2 aromatic rings. The van der Waals surface area contributed by atoms with Gasteiger partial charge < -0.3 is 5.32 Å². The predicted octanol–water partition coefficient (Wildman–Crippen LogP) is 2.38. The highest BCUT2D eigenvalue weighted by Crippen LogP contribution is 2.13. The molecular weight excluding hydrogens is 250 g/mol. The smallest absolute Gasteiger partial charge is 0.253 e. The number of para-hydroxylation sites is 1. The van der Waals surface area contributed by atoms with Crippen LogP contribution < -0.4 is 5.32 Å². The van der Waals surface area contributed by atoms with Crippen LogP contribution in [0.3, 0.4) is 0 Å². The molecule has 1 aromatic carbocycles. The Morgan fingerprint density at radius 1 is 1.39 bits per heavy atom. The van der Waals surface area contributed by atoms with Gasteiger partial charge in [0, 0.05) is 24.3 Å². The van der Waals surface area contributed by atoms with Crippen LogP contribution in [-0.4, -0.2) is 27.8 Å². The molecule has 1 unspecified atom stereocenters. The van der Waals surface area contributed by atoms with Gasteiger partial charge in [0.05, 0.1) is 11.1 Å². The van der Waals surface area contributed by atoms with E-state index in [0.29, 0.717) is 17.0 Å². The van der Waals surface area contributed by atoms with Gasteiger partial charge in [-0.15, -0.1) is 11.6 Å². The minimum absolute atomic E-state index is 0.0435. The molecule has 1 atom stereocenters. The molecule has 0 saturated heterocycles. The Bertz CT molecular complexity index is 553. The van der Waals surface area contributed by atoms with Crippen molar-refractivity contribution in [2.75, 3.05) is 5.88 Å². The van der Waals surface area contributed by atoms with E-state index in [4.69, 9.17) is 11.6 Å². The molecule has 18 heavy (non-hydrogen) atoms. The van der Waals surface area contributed by atoms with Crippen LogP contribution in [0.4, 0.5) is 0 Å². The lowest BCUT2D eigenvalue weighted by molar-refractivity contribution is 0.0941. The van der Waals surface area contributed by atoms with Gasteiger partial charge in [-0.2, -0.15) is 0 Å². The van der Waals surface area contributed by atoms with Gasteiger partial charge in [0.2, 0.25) is 0 Å². The van der Waals surface area contributed by atoms with Crippen LogP contribution in [0.5, 0.6) is 0 Å². The first-order chi connectivity index (χ1) is 8.72. The number of aromatic nitrogens is 2. The second-order valence-corrected chi connectivity index (χ2v) is 4.46. The van der Waals surface area contributed by atoms with E-state index in [1.165, 1.54) is 0 Å². The van der Waals surface area contributed by atoms with E-state index < -0.39 is 0 Å². The molecule has 1 heterocycles. The quantitative estimate of drug-likeness (QED) is 0.862. The summed E-state index contributed by atoms with van der Waals surface area (Å²) in [5.41, 5.74) is 1.88. The molecule has 1 amide bonds. The van der Waals surface area contributed by atoms with Crippen LogP contribution >= 0.6 is 11.6 Å². The van der Waals surface area contributed by atoms with Gasteiger partial charge in [-0.1, -0.05) is 6.07 Å². The molecule has 0 spiro atoms. The van der Waals surface area contributed by atoms with Crippen LogP contribution in [-0.2, 0) is 0 Å². The normalized spacial score (nSPS) is 12.3. The molecule has 0 aliphatic heterocycles. The fraction of sp³-hybridized carbons (Fsp3) is 0.308. The molecule has 0 bridgehead atoms. The fourth-order valence-electron chi connectivity index (χ4n) is 1.71. The average molecular weight is 264 g/mol. The zero-order valence-electron chi connectivity index (χ0n) is 10.1. The number of nitrogens with one attached hydrogen (secondary N) is 1. The summed E-state index contributed by atoms with van der Waals surface area (Å²) >= 11 is 5.65. The van der Waals surface area contributed by atoms with Crippen molar-refractivity contribution >= 4 is 28.5 Å². The molecule has 0 saturated carbocycles. The predicted molar refractivity (Wildman–Crippen MR) is 71.8 cm³/mol. The zero-order chi connectivity index (χ0) is 13.0. The van der Waals surface area contributed by atoms with Gasteiger partial charge >= 0.3 is 0 Å². The molecule has 1 N–H and O–H groups in total. The summed E-state index contributed by atoms with van der Waals surface area (Å²) in [5, 5.41) is 2.90. The Kier molecular flexibility index (Phi) is 4.10. The number of amides is 1. The lowest BCUT2D eigenvalue weighted by Crippen LogP contribution is -2.33. The highest BCUT2D eigenvalue weighted by molar-refractivity contribution is 6.17. The van der Waals surface area contributed by atoms with Crippen molar-refractivity contribution in [3.05, 3.63) is 36.2 Å². The van der Waals surface area contributed by atoms with Crippen LogP contribution in [0.25, 0.3) is 11.0 Å². The lowest BCUT2D eigenvalue weighted by Gasteiger charge is -2.12. The van der Waals surface area contributed by atoms with Gasteiger partial charge in [0.1, 0.15) is 5.52 Å². The monoisotopic (exact) mass is 263 g/mol. The van der Waals surface area contributed by atoms with Gasteiger partial charge in [0.15, 0.2) is 0 Å². The van der Waals surface area contributed by atoms with Crippen LogP contribution in [0, 0.1) is 0 Å². The molecule has 2 rings (SSSR count). The second-order valence-electron chi connectivity index (χ2n) is 4.08. The van der Waals surface area contributed by atoms with E-state index in [1.807, 2.05) is 13.0 Å². The average Bonchev–Trinajstić information content (AvgIpc) is 2.38. The Morgan fingerprint density at radius 3 is 2.94 bits per heavy atom. The Hall–Kier alpha value is -1.68. The van der Waals surface area contributed by atoms with Crippen molar-refractivity contribution in [2.45, 2.75) is 19.4 Å². The van der Waals surface area contributed by atoms with Crippen molar-refractivity contribution in [1.82, 2.24) is 15.3 Å². The summed E-state index contributed by atoms with van der Waals surface area (Å²) in [6.07, 6.45) is 3.94. The summed E-state index contributed by atoms with van der Waals surface area (Å²) in [5.74, 6) is 0.385. The molecule has 0 radical (unpaired) electrons. The maximum absolute atomic E-state index is 12.1. The first-order valence-electron chi connectivity index (χ1n) is 5.79. The Balaban J connectivity index is 2.28. The zero-order valence-corrected chi connectivity index (χ0v) is 10.8. The minimum atomic E-state index is -0.140. The van der Waals surface area contributed by atoms with Gasteiger partial charge in [-0.3, -0.25) is 14.8 Å².